The first-order valence-corrected chi connectivity index (χ1v) is 5.95. The van der Waals surface area contributed by atoms with E-state index < -0.39 is 0 Å². The molecule has 0 spiro atoms. The maximum Gasteiger partial charge on any atom is 0.00693 e. The van der Waals surface area contributed by atoms with Crippen LogP contribution in [0.3, 0.4) is 0 Å². The normalized spacial score (nSPS) is 14.1. The molecule has 0 aliphatic heterocycles. The zero-order valence-corrected chi connectivity index (χ0v) is 10.1. The molecule has 1 N–H and O–H groups in total. The Kier molecular flexibility index (Phi) is 7.35. The van der Waals surface area contributed by atoms with Crippen LogP contribution in [-0.2, 0) is 0 Å². The Bertz CT molecular complexity index is 104. The third-order valence-corrected chi connectivity index (χ3v) is 3.24. The van der Waals surface area contributed by atoms with Crippen molar-refractivity contribution in [2.75, 3.05) is 0 Å². The van der Waals surface area contributed by atoms with E-state index in [1.807, 2.05) is 0 Å². The highest BCUT2D eigenvalue weighted by Crippen LogP contribution is 2.14. The first kappa shape index (κ1) is 13.0. The lowest BCUT2D eigenvalue weighted by Crippen LogP contribution is -2.40. The minimum Gasteiger partial charge on any atom is -0.311 e. The van der Waals surface area contributed by atoms with Crippen LogP contribution in [-0.4, -0.2) is 12.1 Å². The molecule has 0 saturated carbocycles. The van der Waals surface area contributed by atoms with E-state index in [9.17, 15) is 0 Å². The lowest BCUT2D eigenvalue weighted by Gasteiger charge is -2.27. The van der Waals surface area contributed by atoms with Crippen LogP contribution in [0.5, 0.6) is 0 Å². The van der Waals surface area contributed by atoms with Gasteiger partial charge in [0.05, 0.1) is 0 Å². The van der Waals surface area contributed by atoms with Crippen LogP contribution in [0.15, 0.2) is 0 Å². The van der Waals surface area contributed by atoms with Crippen molar-refractivity contribution in [3.63, 3.8) is 0 Å². The molecule has 0 aromatic carbocycles. The maximum atomic E-state index is 3.72. The summed E-state index contributed by atoms with van der Waals surface area (Å²) < 4.78 is 0. The van der Waals surface area contributed by atoms with Crippen LogP contribution in [0.2, 0.25) is 0 Å². The summed E-state index contributed by atoms with van der Waals surface area (Å²) in [5.41, 5.74) is 0. The Morgan fingerprint density at radius 1 is 0.846 bits per heavy atom. The molecule has 1 heteroatoms. The molecular formula is C12H27N. The first-order valence-electron chi connectivity index (χ1n) is 5.95. The molecule has 13 heavy (non-hydrogen) atoms. The Labute approximate surface area is 84.3 Å². The van der Waals surface area contributed by atoms with Gasteiger partial charge in [0, 0.05) is 12.1 Å². The second-order valence-corrected chi connectivity index (χ2v) is 4.05. The van der Waals surface area contributed by atoms with Crippen LogP contribution in [0.1, 0.15) is 60.3 Å². The Balaban J connectivity index is 3.87. The van der Waals surface area contributed by atoms with Gasteiger partial charge < -0.3 is 5.32 Å². The van der Waals surface area contributed by atoms with Crippen molar-refractivity contribution in [3.8, 4) is 0 Å². The molecule has 0 saturated heterocycles. The Hall–Kier alpha value is -0.0400. The molecule has 0 heterocycles. The van der Waals surface area contributed by atoms with Gasteiger partial charge in [-0.1, -0.05) is 40.5 Å². The largest absolute Gasteiger partial charge is 0.311 e. The van der Waals surface area contributed by atoms with E-state index in [1.165, 1.54) is 25.7 Å². The third kappa shape index (κ3) is 4.66. The second kappa shape index (κ2) is 7.37. The molecule has 0 bridgehead atoms. The summed E-state index contributed by atoms with van der Waals surface area (Å²) >= 11 is 0. The van der Waals surface area contributed by atoms with Crippen molar-refractivity contribution < 1.29 is 0 Å². The van der Waals surface area contributed by atoms with E-state index in [-0.39, 0.29) is 0 Å². The van der Waals surface area contributed by atoms with Gasteiger partial charge >= 0.3 is 0 Å². The lowest BCUT2D eigenvalue weighted by molar-refractivity contribution is 0.312. The minimum absolute atomic E-state index is 0.680. The molecule has 1 unspecified atom stereocenters. The molecule has 0 fully saturated rings. The molecular weight excluding hydrogens is 158 g/mol. The van der Waals surface area contributed by atoms with Crippen LogP contribution >= 0.6 is 0 Å². The molecule has 0 rings (SSSR count). The monoisotopic (exact) mass is 185 g/mol. The van der Waals surface area contributed by atoms with E-state index in [1.54, 1.807) is 0 Å². The molecule has 1 nitrogen and oxygen atoms in total. The predicted octanol–water partition coefficient (Wildman–Crippen LogP) is 3.59. The topological polar surface area (TPSA) is 12.0 Å². The molecule has 0 aromatic heterocycles. The van der Waals surface area contributed by atoms with Crippen molar-refractivity contribution in [2.45, 2.75) is 72.4 Å². The third-order valence-electron chi connectivity index (χ3n) is 3.24. The van der Waals surface area contributed by atoms with Crippen LogP contribution in [0.25, 0.3) is 0 Å². The second-order valence-electron chi connectivity index (χ2n) is 4.05. The average molecular weight is 185 g/mol. The van der Waals surface area contributed by atoms with Gasteiger partial charge in [-0.25, -0.2) is 0 Å². The lowest BCUT2D eigenvalue weighted by atomic mass is 9.94. The molecule has 0 aromatic rings. The van der Waals surface area contributed by atoms with Gasteiger partial charge in [-0.05, 0) is 25.7 Å². The summed E-state index contributed by atoms with van der Waals surface area (Å²) in [6.07, 6.45) is 5.09. The van der Waals surface area contributed by atoms with Crippen LogP contribution in [0, 0.1) is 5.92 Å². The van der Waals surface area contributed by atoms with Crippen molar-refractivity contribution in [1.82, 2.24) is 5.32 Å². The van der Waals surface area contributed by atoms with Gasteiger partial charge in [0.15, 0.2) is 0 Å². The first-order chi connectivity index (χ1) is 6.19. The standard InChI is InChI=1S/C12H27N/c1-6-11(7-2)10(5)13-12(8-3)9-4/h10-13H,6-9H2,1-5H3. The molecule has 80 valence electrons. The van der Waals surface area contributed by atoms with Gasteiger partial charge in [-0.15, -0.1) is 0 Å². The minimum atomic E-state index is 0.680. The van der Waals surface area contributed by atoms with Gasteiger partial charge in [-0.3, -0.25) is 0 Å². The maximum absolute atomic E-state index is 3.72. The zero-order valence-electron chi connectivity index (χ0n) is 10.1. The van der Waals surface area contributed by atoms with E-state index in [4.69, 9.17) is 0 Å². The highest BCUT2D eigenvalue weighted by Gasteiger charge is 2.15. The zero-order chi connectivity index (χ0) is 10.3. The van der Waals surface area contributed by atoms with Crippen LogP contribution < -0.4 is 5.32 Å². The smallest absolute Gasteiger partial charge is 0.00693 e. The van der Waals surface area contributed by atoms with Crippen molar-refractivity contribution in [1.29, 1.82) is 0 Å². The SMILES string of the molecule is CCC(CC)NC(C)C(CC)CC. The molecule has 0 amide bonds. The summed E-state index contributed by atoms with van der Waals surface area (Å²) in [5.74, 6) is 0.848. The van der Waals surface area contributed by atoms with Gasteiger partial charge in [-0.2, -0.15) is 0 Å². The summed E-state index contributed by atoms with van der Waals surface area (Å²) in [6, 6.07) is 1.40. The fourth-order valence-corrected chi connectivity index (χ4v) is 2.03. The molecule has 0 radical (unpaired) electrons. The highest BCUT2D eigenvalue weighted by atomic mass is 14.9. The summed E-state index contributed by atoms with van der Waals surface area (Å²) in [5, 5.41) is 3.72. The van der Waals surface area contributed by atoms with E-state index >= 15 is 0 Å². The highest BCUT2D eigenvalue weighted by molar-refractivity contribution is 4.74. The van der Waals surface area contributed by atoms with Crippen molar-refractivity contribution in [2.24, 2.45) is 5.92 Å². The van der Waals surface area contributed by atoms with E-state index in [0.717, 1.165) is 12.0 Å². The van der Waals surface area contributed by atoms with Gasteiger partial charge in [0.25, 0.3) is 0 Å². The molecule has 0 aliphatic carbocycles. The summed E-state index contributed by atoms with van der Waals surface area (Å²) in [4.78, 5) is 0. The van der Waals surface area contributed by atoms with E-state index in [2.05, 4.69) is 39.9 Å². The number of rotatable bonds is 7. The van der Waals surface area contributed by atoms with Crippen molar-refractivity contribution in [3.05, 3.63) is 0 Å². The fraction of sp³-hybridized carbons (Fsp3) is 1.00. The fourth-order valence-electron chi connectivity index (χ4n) is 2.03. The Morgan fingerprint density at radius 2 is 1.31 bits per heavy atom. The number of hydrogen-bond acceptors (Lipinski definition) is 1. The van der Waals surface area contributed by atoms with Crippen molar-refractivity contribution >= 4 is 0 Å². The summed E-state index contributed by atoms with van der Waals surface area (Å²) in [7, 11) is 0. The number of hydrogen-bond donors (Lipinski definition) is 1. The predicted molar refractivity (Wildman–Crippen MR) is 61.0 cm³/mol. The average Bonchev–Trinajstić information content (AvgIpc) is 2.16. The van der Waals surface area contributed by atoms with Crippen LogP contribution in [0.4, 0.5) is 0 Å². The quantitative estimate of drug-likeness (QED) is 0.639. The Morgan fingerprint density at radius 3 is 1.62 bits per heavy atom. The molecule has 1 atom stereocenters. The van der Waals surface area contributed by atoms with Gasteiger partial charge in [0.1, 0.15) is 0 Å². The molecule has 0 aliphatic rings. The van der Waals surface area contributed by atoms with E-state index in [0.29, 0.717) is 6.04 Å². The number of nitrogens with one attached hydrogen (secondary N) is 1. The summed E-state index contributed by atoms with van der Waals surface area (Å²) in [6.45, 7) is 11.4. The van der Waals surface area contributed by atoms with Gasteiger partial charge in [0.2, 0.25) is 0 Å².